The molecule has 1 N–H and O–H groups in total. The van der Waals surface area contributed by atoms with Gasteiger partial charge in [-0.3, -0.25) is 4.79 Å². The zero-order valence-corrected chi connectivity index (χ0v) is 14.5. The van der Waals surface area contributed by atoms with Crippen LogP contribution in [0.1, 0.15) is 29.5 Å². The molecule has 0 spiro atoms. The number of amides is 1. The molecule has 0 radical (unpaired) electrons. The highest BCUT2D eigenvalue weighted by molar-refractivity contribution is 6.30. The number of carbonyl (C=O) groups excluding carboxylic acids is 1. The van der Waals surface area contributed by atoms with E-state index in [1.807, 2.05) is 51.1 Å². The number of anilines is 1. The van der Waals surface area contributed by atoms with Crippen molar-refractivity contribution in [3.8, 4) is 5.75 Å². The zero-order chi connectivity index (χ0) is 16.8. The molecule has 2 rings (SSSR count). The standard InChI is InChI=1S/C19H22ClNO2/c1-13-6-4-7-17(15(13)3)21-19(22)8-5-11-23-18-10-9-16(20)12-14(18)2/h4,6-7,9-10,12H,5,8,11H2,1-3H3,(H,21,22). The van der Waals surface area contributed by atoms with Crippen molar-refractivity contribution in [3.63, 3.8) is 0 Å². The molecule has 0 unspecified atom stereocenters. The van der Waals surface area contributed by atoms with E-state index in [0.717, 1.165) is 22.6 Å². The molecule has 0 aliphatic rings. The van der Waals surface area contributed by atoms with Crippen LogP contribution in [0.4, 0.5) is 5.69 Å². The normalized spacial score (nSPS) is 10.4. The Morgan fingerprint density at radius 2 is 1.91 bits per heavy atom. The lowest BCUT2D eigenvalue weighted by molar-refractivity contribution is -0.116. The highest BCUT2D eigenvalue weighted by atomic mass is 35.5. The summed E-state index contributed by atoms with van der Waals surface area (Å²) in [7, 11) is 0. The van der Waals surface area contributed by atoms with Crippen LogP contribution in [0.25, 0.3) is 0 Å². The quantitative estimate of drug-likeness (QED) is 0.751. The summed E-state index contributed by atoms with van der Waals surface area (Å²) in [5.41, 5.74) is 4.15. The Morgan fingerprint density at radius 1 is 1.13 bits per heavy atom. The number of ether oxygens (including phenoxy) is 1. The molecule has 23 heavy (non-hydrogen) atoms. The fourth-order valence-electron chi connectivity index (χ4n) is 2.29. The van der Waals surface area contributed by atoms with E-state index in [0.29, 0.717) is 24.5 Å². The summed E-state index contributed by atoms with van der Waals surface area (Å²) in [6.45, 7) is 6.50. The molecule has 0 saturated heterocycles. The monoisotopic (exact) mass is 331 g/mol. The minimum Gasteiger partial charge on any atom is -0.493 e. The maximum atomic E-state index is 12.0. The molecule has 0 aromatic heterocycles. The molecule has 1 amide bonds. The predicted molar refractivity (Wildman–Crippen MR) is 95.5 cm³/mol. The van der Waals surface area contributed by atoms with Gasteiger partial charge in [0, 0.05) is 17.1 Å². The van der Waals surface area contributed by atoms with E-state index in [9.17, 15) is 4.79 Å². The van der Waals surface area contributed by atoms with Crippen LogP contribution in [0.2, 0.25) is 5.02 Å². The topological polar surface area (TPSA) is 38.3 Å². The molecular weight excluding hydrogens is 310 g/mol. The zero-order valence-electron chi connectivity index (χ0n) is 13.8. The average Bonchev–Trinajstić information content (AvgIpc) is 2.50. The second kappa shape index (κ2) is 8.02. The highest BCUT2D eigenvalue weighted by Crippen LogP contribution is 2.22. The van der Waals surface area contributed by atoms with Crippen molar-refractivity contribution in [1.29, 1.82) is 0 Å². The van der Waals surface area contributed by atoms with Crippen LogP contribution in [0, 0.1) is 20.8 Å². The highest BCUT2D eigenvalue weighted by Gasteiger charge is 2.06. The van der Waals surface area contributed by atoms with Crippen molar-refractivity contribution < 1.29 is 9.53 Å². The van der Waals surface area contributed by atoms with Gasteiger partial charge in [-0.2, -0.15) is 0 Å². The van der Waals surface area contributed by atoms with Crippen molar-refractivity contribution in [2.45, 2.75) is 33.6 Å². The van der Waals surface area contributed by atoms with Crippen LogP contribution in [0.5, 0.6) is 5.75 Å². The van der Waals surface area contributed by atoms with Crippen molar-refractivity contribution >= 4 is 23.2 Å². The minimum absolute atomic E-state index is 0.00938. The molecule has 0 heterocycles. The summed E-state index contributed by atoms with van der Waals surface area (Å²) < 4.78 is 5.70. The Hall–Kier alpha value is -2.00. The summed E-state index contributed by atoms with van der Waals surface area (Å²) in [5, 5.41) is 3.65. The third kappa shape index (κ3) is 5.00. The molecule has 0 aliphatic carbocycles. The van der Waals surface area contributed by atoms with E-state index in [1.165, 1.54) is 5.56 Å². The molecule has 4 heteroatoms. The van der Waals surface area contributed by atoms with Gasteiger partial charge in [0.15, 0.2) is 0 Å². The molecule has 2 aromatic carbocycles. The Bertz CT molecular complexity index is 698. The lowest BCUT2D eigenvalue weighted by Crippen LogP contribution is -2.14. The smallest absolute Gasteiger partial charge is 0.224 e. The second-order valence-corrected chi connectivity index (χ2v) is 6.09. The minimum atomic E-state index is 0.00938. The summed E-state index contributed by atoms with van der Waals surface area (Å²) >= 11 is 5.91. The lowest BCUT2D eigenvalue weighted by Gasteiger charge is -2.11. The largest absolute Gasteiger partial charge is 0.493 e. The van der Waals surface area contributed by atoms with Gasteiger partial charge in [-0.1, -0.05) is 23.7 Å². The first kappa shape index (κ1) is 17.4. The predicted octanol–water partition coefficient (Wildman–Crippen LogP) is 5.06. The first-order valence-electron chi connectivity index (χ1n) is 7.72. The van der Waals surface area contributed by atoms with Gasteiger partial charge in [0.25, 0.3) is 0 Å². The number of benzene rings is 2. The third-order valence-electron chi connectivity index (χ3n) is 3.82. The van der Waals surface area contributed by atoms with E-state index < -0.39 is 0 Å². The van der Waals surface area contributed by atoms with Gasteiger partial charge in [0.05, 0.1) is 6.61 Å². The summed E-state index contributed by atoms with van der Waals surface area (Å²) in [6, 6.07) is 11.4. The summed E-state index contributed by atoms with van der Waals surface area (Å²) in [5.74, 6) is 0.819. The number of aryl methyl sites for hydroxylation is 2. The van der Waals surface area contributed by atoms with Gasteiger partial charge < -0.3 is 10.1 Å². The van der Waals surface area contributed by atoms with Crippen LogP contribution >= 0.6 is 11.6 Å². The van der Waals surface area contributed by atoms with E-state index in [1.54, 1.807) is 6.07 Å². The lowest BCUT2D eigenvalue weighted by atomic mass is 10.1. The molecule has 0 fully saturated rings. The van der Waals surface area contributed by atoms with E-state index in [-0.39, 0.29) is 5.91 Å². The maximum absolute atomic E-state index is 12.0. The average molecular weight is 332 g/mol. The molecule has 0 bridgehead atoms. The van der Waals surface area contributed by atoms with Crippen molar-refractivity contribution in [2.75, 3.05) is 11.9 Å². The number of nitrogens with one attached hydrogen (secondary N) is 1. The van der Waals surface area contributed by atoms with Crippen LogP contribution in [-0.2, 0) is 4.79 Å². The van der Waals surface area contributed by atoms with Crippen LogP contribution < -0.4 is 10.1 Å². The summed E-state index contributed by atoms with van der Waals surface area (Å²) in [4.78, 5) is 12.0. The van der Waals surface area contributed by atoms with E-state index in [4.69, 9.17) is 16.3 Å². The number of halogens is 1. The van der Waals surface area contributed by atoms with Gasteiger partial charge in [-0.25, -0.2) is 0 Å². The number of carbonyl (C=O) groups is 1. The van der Waals surface area contributed by atoms with Crippen LogP contribution in [-0.4, -0.2) is 12.5 Å². The third-order valence-corrected chi connectivity index (χ3v) is 4.06. The van der Waals surface area contributed by atoms with Crippen molar-refractivity contribution in [2.24, 2.45) is 0 Å². The van der Waals surface area contributed by atoms with Crippen LogP contribution in [0.3, 0.4) is 0 Å². The van der Waals surface area contributed by atoms with Gasteiger partial charge in [-0.05, 0) is 68.1 Å². The number of rotatable bonds is 6. The fraction of sp³-hybridized carbons (Fsp3) is 0.316. The molecule has 122 valence electrons. The molecule has 2 aromatic rings. The molecule has 0 aliphatic heterocycles. The molecular formula is C19H22ClNO2. The molecule has 0 atom stereocenters. The Labute approximate surface area is 142 Å². The van der Waals surface area contributed by atoms with Gasteiger partial charge >= 0.3 is 0 Å². The van der Waals surface area contributed by atoms with Crippen molar-refractivity contribution in [3.05, 3.63) is 58.1 Å². The first-order valence-corrected chi connectivity index (χ1v) is 8.10. The van der Waals surface area contributed by atoms with Gasteiger partial charge in [0.2, 0.25) is 5.91 Å². The second-order valence-electron chi connectivity index (χ2n) is 5.66. The Balaban J connectivity index is 1.78. The molecule has 3 nitrogen and oxygen atoms in total. The van der Waals surface area contributed by atoms with Crippen molar-refractivity contribution in [1.82, 2.24) is 0 Å². The van der Waals surface area contributed by atoms with Gasteiger partial charge in [-0.15, -0.1) is 0 Å². The SMILES string of the molecule is Cc1cc(Cl)ccc1OCCCC(=O)Nc1cccc(C)c1C. The Morgan fingerprint density at radius 3 is 2.65 bits per heavy atom. The van der Waals surface area contributed by atoms with E-state index >= 15 is 0 Å². The van der Waals surface area contributed by atoms with E-state index in [2.05, 4.69) is 5.32 Å². The maximum Gasteiger partial charge on any atom is 0.224 e. The fourth-order valence-corrected chi connectivity index (χ4v) is 2.52. The number of hydrogen-bond acceptors (Lipinski definition) is 2. The first-order chi connectivity index (χ1) is 11.0. The molecule has 0 saturated carbocycles. The Kier molecular flexibility index (Phi) is 6.05. The van der Waals surface area contributed by atoms with Gasteiger partial charge in [0.1, 0.15) is 5.75 Å². The van der Waals surface area contributed by atoms with Crippen LogP contribution in [0.15, 0.2) is 36.4 Å². The number of hydrogen-bond donors (Lipinski definition) is 1. The summed E-state index contributed by atoms with van der Waals surface area (Å²) in [6.07, 6.45) is 1.10.